The molecule has 2 saturated carbocycles. The van der Waals surface area contributed by atoms with Gasteiger partial charge in [-0.2, -0.15) is 0 Å². The van der Waals surface area contributed by atoms with Crippen molar-refractivity contribution < 1.29 is 5.11 Å². The molecule has 49 valence electrons. The van der Waals surface area contributed by atoms with Crippen molar-refractivity contribution in [3.63, 3.8) is 0 Å². The van der Waals surface area contributed by atoms with Gasteiger partial charge in [-0.3, -0.25) is 0 Å². The Morgan fingerprint density at radius 1 is 1.44 bits per heavy atom. The predicted molar refractivity (Wildman–Crippen MR) is 34.8 cm³/mol. The monoisotopic (exact) mass is 123 g/mol. The van der Waals surface area contributed by atoms with Crippen molar-refractivity contribution >= 4 is 0 Å². The van der Waals surface area contributed by atoms with Gasteiger partial charge >= 0.3 is 0 Å². The first-order valence-electron chi connectivity index (χ1n) is 3.66. The van der Waals surface area contributed by atoms with E-state index in [9.17, 15) is 0 Å². The fraction of sp³-hybridized carbons (Fsp3) is 0.750. The van der Waals surface area contributed by atoms with Crippen LogP contribution in [0.3, 0.4) is 0 Å². The largest absolute Gasteiger partial charge is 0.504 e. The molecule has 0 aliphatic heterocycles. The zero-order valence-corrected chi connectivity index (χ0v) is 5.43. The molecule has 0 spiro atoms. The number of allylic oxidation sites excluding steroid dienone is 1. The summed E-state index contributed by atoms with van der Waals surface area (Å²) < 4.78 is 0. The molecule has 1 nitrogen and oxygen atoms in total. The summed E-state index contributed by atoms with van der Waals surface area (Å²) in [7, 11) is 0. The van der Waals surface area contributed by atoms with Crippen LogP contribution in [0.1, 0.15) is 25.7 Å². The summed E-state index contributed by atoms with van der Waals surface area (Å²) >= 11 is 0. The van der Waals surface area contributed by atoms with Gasteiger partial charge in [-0.25, -0.2) is 0 Å². The van der Waals surface area contributed by atoms with Crippen molar-refractivity contribution in [2.24, 2.45) is 11.8 Å². The molecule has 2 aliphatic carbocycles. The van der Waals surface area contributed by atoms with E-state index in [1.807, 2.05) is 0 Å². The Bertz CT molecular complexity index is 149. The minimum absolute atomic E-state index is 0.708. The minimum Gasteiger partial charge on any atom is -0.504 e. The van der Waals surface area contributed by atoms with Crippen LogP contribution in [-0.2, 0) is 0 Å². The van der Waals surface area contributed by atoms with Crippen molar-refractivity contribution in [1.82, 2.24) is 0 Å². The highest BCUT2D eigenvalue weighted by atomic mass is 16.2. The topological polar surface area (TPSA) is 20.2 Å². The van der Waals surface area contributed by atoms with Gasteiger partial charge in [-0.05, 0) is 43.1 Å². The summed E-state index contributed by atoms with van der Waals surface area (Å²) in [5.41, 5.74) is 1.19. The fourth-order valence-electron chi connectivity index (χ4n) is 2.19. The van der Waals surface area contributed by atoms with Crippen LogP contribution < -0.4 is 0 Å². The average molecular weight is 123 g/mol. The summed E-state index contributed by atoms with van der Waals surface area (Å²) in [6.07, 6.45) is 7.44. The Hall–Kier alpha value is -0.460. The molecule has 0 saturated heterocycles. The molecule has 2 unspecified atom stereocenters. The predicted octanol–water partition coefficient (Wildman–Crippen LogP) is 2.05. The lowest BCUT2D eigenvalue weighted by Crippen LogP contribution is -1.97. The second-order valence-electron chi connectivity index (χ2n) is 3.22. The Balaban J connectivity index is 2.18. The molecule has 0 aromatic carbocycles. The standard InChI is InChI=1S/C8H11O/c9-5-8-4-6-1-2-7(8)3-6/h6-7,9H,1-4H2. The minimum atomic E-state index is 0.708. The van der Waals surface area contributed by atoms with E-state index in [0.29, 0.717) is 5.92 Å². The molecule has 2 fully saturated rings. The molecule has 9 heavy (non-hydrogen) atoms. The smallest absolute Gasteiger partial charge is 0.156 e. The van der Waals surface area contributed by atoms with Gasteiger partial charge in [-0.15, -0.1) is 0 Å². The molecular weight excluding hydrogens is 112 g/mol. The molecule has 2 aliphatic rings. The Labute approximate surface area is 55.4 Å². The number of aliphatic hydroxyl groups excluding tert-OH is 1. The quantitative estimate of drug-likeness (QED) is 0.489. The van der Waals surface area contributed by atoms with Crippen LogP contribution in [0.5, 0.6) is 0 Å². The summed E-state index contributed by atoms with van der Waals surface area (Å²) in [6, 6.07) is 0. The Morgan fingerprint density at radius 3 is 2.67 bits per heavy atom. The van der Waals surface area contributed by atoms with Gasteiger partial charge in [0.25, 0.3) is 0 Å². The van der Waals surface area contributed by atoms with Crippen LogP contribution in [0, 0.1) is 18.1 Å². The van der Waals surface area contributed by atoms with Crippen molar-refractivity contribution in [3.8, 4) is 0 Å². The number of fused-ring (bicyclic) bond motifs is 2. The molecule has 0 heterocycles. The molecule has 2 rings (SSSR count). The SMILES string of the molecule is O[C]=C1CC2CCC1C2. The van der Waals surface area contributed by atoms with Crippen LogP contribution in [0.2, 0.25) is 0 Å². The lowest BCUT2D eigenvalue weighted by atomic mass is 9.96. The van der Waals surface area contributed by atoms with Crippen molar-refractivity contribution in [1.29, 1.82) is 0 Å². The van der Waals surface area contributed by atoms with Gasteiger partial charge in [0.2, 0.25) is 0 Å². The molecule has 0 aromatic heterocycles. The van der Waals surface area contributed by atoms with E-state index in [1.165, 1.54) is 24.8 Å². The van der Waals surface area contributed by atoms with E-state index >= 15 is 0 Å². The number of hydrogen-bond donors (Lipinski definition) is 1. The van der Waals surface area contributed by atoms with E-state index in [4.69, 9.17) is 5.11 Å². The van der Waals surface area contributed by atoms with E-state index in [-0.39, 0.29) is 0 Å². The maximum absolute atomic E-state index is 8.60. The normalized spacial score (nSPS) is 44.7. The molecular formula is C8H11O. The first-order valence-corrected chi connectivity index (χ1v) is 3.66. The second-order valence-corrected chi connectivity index (χ2v) is 3.22. The second kappa shape index (κ2) is 1.76. The lowest BCUT2D eigenvalue weighted by molar-refractivity contribution is 0.416. The molecule has 1 heteroatoms. The van der Waals surface area contributed by atoms with Gasteiger partial charge in [-0.1, -0.05) is 0 Å². The van der Waals surface area contributed by atoms with Gasteiger partial charge in [0.05, 0.1) is 0 Å². The highest BCUT2D eigenvalue weighted by Gasteiger charge is 2.35. The third-order valence-corrected chi connectivity index (χ3v) is 2.69. The number of rotatable bonds is 0. The van der Waals surface area contributed by atoms with Crippen LogP contribution in [0.15, 0.2) is 5.57 Å². The molecule has 1 radical (unpaired) electrons. The number of aliphatic hydroxyl groups is 1. The summed E-state index contributed by atoms with van der Waals surface area (Å²) in [4.78, 5) is 0. The molecule has 2 bridgehead atoms. The third-order valence-electron chi connectivity index (χ3n) is 2.69. The van der Waals surface area contributed by atoms with E-state index < -0.39 is 0 Å². The van der Waals surface area contributed by atoms with E-state index in [2.05, 4.69) is 6.26 Å². The van der Waals surface area contributed by atoms with Crippen LogP contribution in [0.4, 0.5) is 0 Å². The molecule has 0 amide bonds. The Morgan fingerprint density at radius 2 is 2.33 bits per heavy atom. The summed E-state index contributed by atoms with van der Waals surface area (Å²) in [5.74, 6) is 1.60. The van der Waals surface area contributed by atoms with Crippen LogP contribution >= 0.6 is 0 Å². The van der Waals surface area contributed by atoms with Gasteiger partial charge in [0.1, 0.15) is 0 Å². The molecule has 2 atom stereocenters. The molecule has 0 aromatic rings. The fourth-order valence-corrected chi connectivity index (χ4v) is 2.19. The third kappa shape index (κ3) is 0.673. The summed E-state index contributed by atoms with van der Waals surface area (Å²) in [5, 5.41) is 8.60. The van der Waals surface area contributed by atoms with Crippen molar-refractivity contribution in [2.45, 2.75) is 25.7 Å². The molecule has 1 N–H and O–H groups in total. The van der Waals surface area contributed by atoms with E-state index in [1.54, 1.807) is 0 Å². The van der Waals surface area contributed by atoms with Crippen LogP contribution in [0.25, 0.3) is 0 Å². The van der Waals surface area contributed by atoms with Gasteiger partial charge in [0.15, 0.2) is 6.26 Å². The van der Waals surface area contributed by atoms with E-state index in [0.717, 1.165) is 12.3 Å². The Kier molecular flexibility index (Phi) is 1.04. The average Bonchev–Trinajstić information content (AvgIpc) is 2.45. The highest BCUT2D eigenvalue weighted by molar-refractivity contribution is 5.11. The number of hydrogen-bond acceptors (Lipinski definition) is 1. The first-order chi connectivity index (χ1) is 4.40. The highest BCUT2D eigenvalue weighted by Crippen LogP contribution is 2.47. The first kappa shape index (κ1) is 5.33. The van der Waals surface area contributed by atoms with Gasteiger partial charge < -0.3 is 5.11 Å². The lowest BCUT2D eigenvalue weighted by Gasteiger charge is -2.09. The summed E-state index contributed by atoms with van der Waals surface area (Å²) in [6.45, 7) is 0. The zero-order chi connectivity index (χ0) is 6.27. The van der Waals surface area contributed by atoms with Crippen molar-refractivity contribution in [2.75, 3.05) is 0 Å². The van der Waals surface area contributed by atoms with Crippen molar-refractivity contribution in [3.05, 3.63) is 11.8 Å². The maximum Gasteiger partial charge on any atom is 0.156 e. The zero-order valence-electron chi connectivity index (χ0n) is 5.43. The van der Waals surface area contributed by atoms with Gasteiger partial charge in [0, 0.05) is 0 Å². The maximum atomic E-state index is 8.60. The van der Waals surface area contributed by atoms with Crippen LogP contribution in [-0.4, -0.2) is 5.11 Å².